The number of rotatable bonds is 10. The van der Waals surface area contributed by atoms with Crippen molar-refractivity contribution in [3.05, 3.63) is 80.1 Å². The van der Waals surface area contributed by atoms with Gasteiger partial charge >= 0.3 is 0 Å². The van der Waals surface area contributed by atoms with Crippen molar-refractivity contribution in [3.63, 3.8) is 0 Å². The van der Waals surface area contributed by atoms with Crippen LogP contribution in [0.1, 0.15) is 21.5 Å². The molecule has 0 spiro atoms. The summed E-state index contributed by atoms with van der Waals surface area (Å²) in [6.07, 6.45) is 5.71. The number of carbonyl (C=O) groups is 1. The minimum atomic E-state index is -4.12. The van der Waals surface area contributed by atoms with Crippen LogP contribution in [-0.4, -0.2) is 45.0 Å². The molecule has 3 aromatic rings. The Balaban J connectivity index is 2.10. The predicted molar refractivity (Wildman–Crippen MR) is 146 cm³/mol. The van der Waals surface area contributed by atoms with Crippen molar-refractivity contribution in [1.29, 1.82) is 0 Å². The van der Waals surface area contributed by atoms with Gasteiger partial charge in [-0.1, -0.05) is 5.92 Å². The van der Waals surface area contributed by atoms with Crippen LogP contribution in [0.5, 0.6) is 0 Å². The third-order valence-corrected chi connectivity index (χ3v) is 6.86. The smallest absolute Gasteiger partial charge is 0.300 e. The van der Waals surface area contributed by atoms with Crippen LogP contribution in [0.15, 0.2) is 36.5 Å². The van der Waals surface area contributed by atoms with Gasteiger partial charge in [0.05, 0.1) is 23.5 Å². The van der Waals surface area contributed by atoms with Crippen molar-refractivity contribution >= 4 is 55.9 Å². The first kappa shape index (κ1) is 30.1. The van der Waals surface area contributed by atoms with E-state index in [4.69, 9.17) is 6.42 Å². The fourth-order valence-electron chi connectivity index (χ4n) is 3.32. The molecule has 0 aliphatic rings. The molecule has 2 aromatic carbocycles. The Morgan fingerprint density at radius 3 is 2.46 bits per heavy atom. The number of hydrogen-bond acceptors (Lipinski definition) is 6. The molecule has 206 valence electrons. The van der Waals surface area contributed by atoms with Gasteiger partial charge in [0, 0.05) is 30.3 Å². The highest BCUT2D eigenvalue weighted by molar-refractivity contribution is 14.1. The highest BCUT2D eigenvalue weighted by Gasteiger charge is 2.25. The Bertz CT molecular complexity index is 1570. The first-order valence-electron chi connectivity index (χ1n) is 10.9. The molecule has 9 nitrogen and oxygen atoms in total. The lowest BCUT2D eigenvalue weighted by atomic mass is 9.99. The van der Waals surface area contributed by atoms with Crippen LogP contribution in [0.2, 0.25) is 0 Å². The second-order valence-corrected chi connectivity index (χ2v) is 10.8. The van der Waals surface area contributed by atoms with E-state index in [1.54, 1.807) is 0 Å². The topological polar surface area (TPSA) is 115 Å². The second-order valence-electron chi connectivity index (χ2n) is 7.96. The highest BCUT2D eigenvalue weighted by atomic mass is 127. The average Bonchev–Trinajstić information content (AvgIpc) is 2.87. The molecule has 0 saturated heterocycles. The molecule has 3 rings (SSSR count). The van der Waals surface area contributed by atoms with E-state index in [1.165, 1.54) is 24.2 Å². The van der Waals surface area contributed by atoms with Crippen LogP contribution in [0.3, 0.4) is 0 Å². The van der Waals surface area contributed by atoms with Crippen LogP contribution in [0, 0.1) is 39.2 Å². The van der Waals surface area contributed by atoms with E-state index in [0.29, 0.717) is 3.57 Å². The fraction of sp³-hybridized carbons (Fsp3) is 0.167. The molecular formula is C24H21F4IN6O3S. The maximum absolute atomic E-state index is 15.4. The Labute approximate surface area is 235 Å². The summed E-state index contributed by atoms with van der Waals surface area (Å²) in [5.41, 5.74) is 0.371. The SMILES string of the molecule is C#CCN(C)NC(=O)c1cc(Cc2ccnc(NS(=O)(=O)NC)c2F)c(F)c(F)c1Nc1ccc(I)cc1F. The number of terminal acetylenes is 1. The lowest BCUT2D eigenvalue weighted by Gasteiger charge is -2.20. The summed E-state index contributed by atoms with van der Waals surface area (Å²) >= 11 is 1.87. The molecular weight excluding hydrogens is 655 g/mol. The van der Waals surface area contributed by atoms with Crippen molar-refractivity contribution < 1.29 is 30.8 Å². The van der Waals surface area contributed by atoms with Crippen LogP contribution < -0.4 is 20.2 Å². The minimum absolute atomic E-state index is 0.0235. The van der Waals surface area contributed by atoms with Gasteiger partial charge < -0.3 is 5.32 Å². The largest absolute Gasteiger partial charge is 0.350 e. The van der Waals surface area contributed by atoms with Crippen LogP contribution in [-0.2, 0) is 16.6 Å². The number of nitrogens with one attached hydrogen (secondary N) is 4. The highest BCUT2D eigenvalue weighted by Crippen LogP contribution is 2.32. The van der Waals surface area contributed by atoms with E-state index in [0.717, 1.165) is 31.4 Å². The number of pyridine rings is 1. The number of carbonyl (C=O) groups excluding carboxylic acids is 1. The molecule has 4 N–H and O–H groups in total. The number of nitrogens with zero attached hydrogens (tertiary/aromatic N) is 2. The second kappa shape index (κ2) is 12.6. The molecule has 15 heteroatoms. The van der Waals surface area contributed by atoms with Gasteiger partial charge in [0.2, 0.25) is 0 Å². The zero-order valence-electron chi connectivity index (χ0n) is 20.4. The molecule has 0 aliphatic carbocycles. The summed E-state index contributed by atoms with van der Waals surface area (Å²) in [6.45, 7) is -0.0235. The molecule has 0 bridgehead atoms. The quantitative estimate of drug-likeness (QED) is 0.113. The van der Waals surface area contributed by atoms with Crippen molar-refractivity contribution in [2.24, 2.45) is 0 Å². The Kier molecular flexibility index (Phi) is 9.72. The van der Waals surface area contributed by atoms with E-state index in [2.05, 4.69) is 21.6 Å². The molecule has 0 aliphatic heterocycles. The summed E-state index contributed by atoms with van der Waals surface area (Å²) < 4.78 is 88.0. The molecule has 0 unspecified atom stereocenters. The molecule has 1 heterocycles. The Hall–Kier alpha value is -3.46. The maximum Gasteiger partial charge on any atom is 0.300 e. The molecule has 1 amide bonds. The van der Waals surface area contributed by atoms with Gasteiger partial charge in [-0.3, -0.25) is 14.9 Å². The van der Waals surface area contributed by atoms with E-state index < -0.39 is 68.4 Å². The van der Waals surface area contributed by atoms with E-state index in [1.807, 2.05) is 32.0 Å². The van der Waals surface area contributed by atoms with E-state index >= 15 is 13.2 Å². The van der Waals surface area contributed by atoms with Gasteiger partial charge in [-0.05, 0) is 64.0 Å². The summed E-state index contributed by atoms with van der Waals surface area (Å²) in [5.74, 6) is -4.18. The molecule has 0 atom stereocenters. The lowest BCUT2D eigenvalue weighted by molar-refractivity contribution is 0.0844. The number of halogens is 5. The van der Waals surface area contributed by atoms with Gasteiger partial charge in [0.25, 0.3) is 16.1 Å². The summed E-state index contributed by atoms with van der Waals surface area (Å²) in [7, 11) is -1.60. The first-order valence-corrected chi connectivity index (χ1v) is 13.5. The molecule has 0 fully saturated rings. The minimum Gasteiger partial charge on any atom is -0.350 e. The van der Waals surface area contributed by atoms with Crippen LogP contribution in [0.25, 0.3) is 0 Å². The summed E-state index contributed by atoms with van der Waals surface area (Å²) in [5, 5.41) is 3.64. The number of aromatic nitrogens is 1. The average molecular weight is 676 g/mol. The molecule has 39 heavy (non-hydrogen) atoms. The van der Waals surface area contributed by atoms with Crippen LogP contribution in [0.4, 0.5) is 34.8 Å². The number of anilines is 3. The number of hydrogen-bond donors (Lipinski definition) is 4. The number of hydrazine groups is 1. The molecule has 0 saturated carbocycles. The van der Waals surface area contributed by atoms with Gasteiger partial charge in [-0.15, -0.1) is 6.42 Å². The third-order valence-electron chi connectivity index (χ3n) is 5.19. The monoisotopic (exact) mass is 676 g/mol. The van der Waals surface area contributed by atoms with Crippen molar-refractivity contribution in [3.8, 4) is 12.3 Å². The summed E-state index contributed by atoms with van der Waals surface area (Å²) in [4.78, 5) is 16.7. The zero-order valence-corrected chi connectivity index (χ0v) is 23.3. The van der Waals surface area contributed by atoms with Crippen LogP contribution >= 0.6 is 22.6 Å². The van der Waals surface area contributed by atoms with Gasteiger partial charge in [0.15, 0.2) is 23.3 Å². The Morgan fingerprint density at radius 1 is 1.10 bits per heavy atom. The van der Waals surface area contributed by atoms with Gasteiger partial charge in [0.1, 0.15) is 5.82 Å². The zero-order chi connectivity index (χ0) is 28.9. The van der Waals surface area contributed by atoms with E-state index in [9.17, 15) is 17.6 Å². The fourth-order valence-corrected chi connectivity index (χ4v) is 4.27. The first-order chi connectivity index (χ1) is 18.4. The molecule has 1 aromatic heterocycles. The number of amides is 1. The van der Waals surface area contributed by atoms with Gasteiger partial charge in [-0.25, -0.2) is 32.3 Å². The van der Waals surface area contributed by atoms with E-state index in [-0.39, 0.29) is 17.8 Å². The lowest BCUT2D eigenvalue weighted by Crippen LogP contribution is -2.39. The standard InChI is InChI=1S/C24H21F4IN6O3S/c1-4-9-35(3)33-24(36)16-11-14(10-13-7-8-31-23(20(13)27)34-39(37,38)30-2)19(26)21(28)22(16)32-18-6-5-15(29)12-17(18)25/h1,5-8,11-12,30,32H,9-10H2,2-3H3,(H,31,34)(H,33,36). The maximum atomic E-state index is 15.4. The van der Waals surface area contributed by atoms with Crippen molar-refractivity contribution in [1.82, 2.24) is 20.1 Å². The normalized spacial score (nSPS) is 11.3. The Morgan fingerprint density at radius 2 is 1.82 bits per heavy atom. The van der Waals surface area contributed by atoms with Crippen molar-refractivity contribution in [2.75, 3.05) is 30.7 Å². The summed E-state index contributed by atoms with van der Waals surface area (Å²) in [6, 6.07) is 6.06. The van der Waals surface area contributed by atoms with Crippen molar-refractivity contribution in [2.45, 2.75) is 6.42 Å². The predicted octanol–water partition coefficient (Wildman–Crippen LogP) is 3.66. The molecule has 0 radical (unpaired) electrons. The number of benzene rings is 2. The van der Waals surface area contributed by atoms with Gasteiger partial charge in [-0.2, -0.15) is 8.42 Å². The third kappa shape index (κ3) is 7.35.